The number of para-hydroxylation sites is 1. The fourth-order valence-corrected chi connectivity index (χ4v) is 2.49. The summed E-state index contributed by atoms with van der Waals surface area (Å²) < 4.78 is 5.16. The van der Waals surface area contributed by atoms with Crippen molar-refractivity contribution < 1.29 is 19.4 Å². The van der Waals surface area contributed by atoms with E-state index in [4.69, 9.17) is 9.84 Å². The van der Waals surface area contributed by atoms with E-state index in [1.54, 1.807) is 12.1 Å². The van der Waals surface area contributed by atoms with Crippen LogP contribution in [-0.2, 0) is 4.79 Å². The highest BCUT2D eigenvalue weighted by Gasteiger charge is 2.13. The van der Waals surface area contributed by atoms with Crippen LogP contribution in [0.25, 0.3) is 0 Å². The normalized spacial score (nSPS) is 10.5. The van der Waals surface area contributed by atoms with Gasteiger partial charge in [0.05, 0.1) is 0 Å². The summed E-state index contributed by atoms with van der Waals surface area (Å²) >= 11 is 0. The second-order valence-electron chi connectivity index (χ2n) is 5.85. The van der Waals surface area contributed by atoms with Gasteiger partial charge in [-0.25, -0.2) is 4.79 Å². The average Bonchev–Trinajstić information content (AvgIpc) is 2.53. The van der Waals surface area contributed by atoms with Gasteiger partial charge in [0.25, 0.3) is 0 Å². The molecule has 4 heteroatoms. The summed E-state index contributed by atoms with van der Waals surface area (Å²) in [5, 5.41) is 9.04. The molecular weight excluding hydrogens is 292 g/mol. The van der Waals surface area contributed by atoms with E-state index in [1.807, 2.05) is 0 Å². The van der Waals surface area contributed by atoms with Gasteiger partial charge >= 0.3 is 11.9 Å². The number of carboxylic acids is 1. The molecule has 1 aromatic carbocycles. The molecule has 0 saturated heterocycles. The molecule has 0 aliphatic rings. The lowest BCUT2D eigenvalue weighted by molar-refractivity contribution is -0.134. The Hall–Kier alpha value is -1.84. The monoisotopic (exact) mass is 320 g/mol. The number of aromatic carboxylic acids is 1. The lowest BCUT2D eigenvalue weighted by Gasteiger charge is -2.07. The van der Waals surface area contributed by atoms with Gasteiger partial charge in [0.1, 0.15) is 11.3 Å². The summed E-state index contributed by atoms with van der Waals surface area (Å²) in [5.41, 5.74) is 0.0212. The number of ether oxygens (including phenoxy) is 1. The van der Waals surface area contributed by atoms with Crippen LogP contribution in [0.3, 0.4) is 0 Å². The van der Waals surface area contributed by atoms with E-state index in [-0.39, 0.29) is 17.3 Å². The number of carbonyl (C=O) groups is 2. The predicted molar refractivity (Wildman–Crippen MR) is 90.9 cm³/mol. The Balaban J connectivity index is 2.15. The Morgan fingerprint density at radius 3 is 2.09 bits per heavy atom. The maximum Gasteiger partial charge on any atom is 0.339 e. The van der Waals surface area contributed by atoms with Crippen LogP contribution in [0.1, 0.15) is 81.5 Å². The quantitative estimate of drug-likeness (QED) is 0.326. The summed E-state index contributed by atoms with van der Waals surface area (Å²) in [7, 11) is 0. The maximum atomic E-state index is 11.8. The molecule has 1 N–H and O–H groups in total. The van der Waals surface area contributed by atoms with Crippen molar-refractivity contribution in [1.29, 1.82) is 0 Å². The first kappa shape index (κ1) is 19.2. The molecule has 0 aliphatic carbocycles. The topological polar surface area (TPSA) is 63.6 Å². The Bertz CT molecular complexity index is 482. The minimum Gasteiger partial charge on any atom is -0.478 e. The fourth-order valence-electron chi connectivity index (χ4n) is 2.49. The highest BCUT2D eigenvalue weighted by atomic mass is 16.5. The predicted octanol–water partition coefficient (Wildman–Crippen LogP) is 5.21. The van der Waals surface area contributed by atoms with Gasteiger partial charge in [0, 0.05) is 6.42 Å². The van der Waals surface area contributed by atoms with Crippen molar-refractivity contribution >= 4 is 11.9 Å². The van der Waals surface area contributed by atoms with Crippen LogP contribution in [0.15, 0.2) is 24.3 Å². The molecule has 4 nitrogen and oxygen atoms in total. The molecule has 128 valence electrons. The Kier molecular flexibility index (Phi) is 9.76. The number of hydrogen-bond donors (Lipinski definition) is 1. The smallest absolute Gasteiger partial charge is 0.339 e. The van der Waals surface area contributed by atoms with E-state index in [9.17, 15) is 9.59 Å². The molecule has 0 amide bonds. The zero-order valence-corrected chi connectivity index (χ0v) is 14.1. The minimum absolute atomic E-state index is 0.0212. The first-order chi connectivity index (χ1) is 11.1. The third-order valence-corrected chi connectivity index (χ3v) is 3.83. The summed E-state index contributed by atoms with van der Waals surface area (Å²) in [6.45, 7) is 2.22. The lowest BCUT2D eigenvalue weighted by Crippen LogP contribution is -2.10. The molecule has 0 aliphatic heterocycles. The molecular formula is C19H28O4. The fraction of sp³-hybridized carbons (Fsp3) is 0.579. The number of carbonyl (C=O) groups excluding carboxylic acids is 1. The maximum absolute atomic E-state index is 11.8. The molecule has 0 atom stereocenters. The zero-order chi connectivity index (χ0) is 16.9. The van der Waals surface area contributed by atoms with Crippen LogP contribution >= 0.6 is 0 Å². The molecule has 1 rings (SSSR count). The summed E-state index contributed by atoms with van der Waals surface area (Å²) in [6, 6.07) is 6.22. The van der Waals surface area contributed by atoms with Crippen LogP contribution in [0.5, 0.6) is 5.75 Å². The summed E-state index contributed by atoms with van der Waals surface area (Å²) in [6.07, 6.45) is 11.0. The van der Waals surface area contributed by atoms with Crippen molar-refractivity contribution in [3.8, 4) is 5.75 Å². The summed E-state index contributed by atoms with van der Waals surface area (Å²) in [4.78, 5) is 22.8. The number of rotatable bonds is 12. The van der Waals surface area contributed by atoms with E-state index in [2.05, 4.69) is 6.92 Å². The Morgan fingerprint density at radius 1 is 0.913 bits per heavy atom. The van der Waals surface area contributed by atoms with Crippen LogP contribution in [0, 0.1) is 0 Å². The molecule has 0 spiro atoms. The number of carboxylic acid groups (broad SMARTS) is 1. The number of esters is 1. The molecule has 0 heterocycles. The van der Waals surface area contributed by atoms with Gasteiger partial charge in [-0.3, -0.25) is 4.79 Å². The van der Waals surface area contributed by atoms with Crippen LogP contribution in [-0.4, -0.2) is 17.0 Å². The minimum atomic E-state index is -1.09. The Morgan fingerprint density at radius 2 is 1.48 bits per heavy atom. The van der Waals surface area contributed by atoms with E-state index in [1.165, 1.54) is 50.7 Å². The van der Waals surface area contributed by atoms with Crippen molar-refractivity contribution in [2.24, 2.45) is 0 Å². The largest absolute Gasteiger partial charge is 0.478 e. The third kappa shape index (κ3) is 8.38. The van der Waals surface area contributed by atoms with Crippen molar-refractivity contribution in [2.45, 2.75) is 71.1 Å². The Labute approximate surface area is 138 Å². The van der Waals surface area contributed by atoms with Crippen molar-refractivity contribution in [2.75, 3.05) is 0 Å². The van der Waals surface area contributed by atoms with Crippen LogP contribution in [0.4, 0.5) is 0 Å². The van der Waals surface area contributed by atoms with Crippen molar-refractivity contribution in [1.82, 2.24) is 0 Å². The SMILES string of the molecule is CCCCCCCCCCCC(=O)Oc1ccccc1C(=O)O. The first-order valence-electron chi connectivity index (χ1n) is 8.68. The average molecular weight is 320 g/mol. The van der Waals surface area contributed by atoms with E-state index >= 15 is 0 Å². The standard InChI is InChI=1S/C19H28O4/c1-2-3-4-5-6-7-8-9-10-15-18(20)23-17-14-12-11-13-16(17)19(21)22/h11-14H,2-10,15H2,1H3,(H,21,22). The molecule has 0 radical (unpaired) electrons. The van der Waals surface area contributed by atoms with E-state index in [0.29, 0.717) is 6.42 Å². The van der Waals surface area contributed by atoms with E-state index in [0.717, 1.165) is 19.3 Å². The van der Waals surface area contributed by atoms with Gasteiger partial charge < -0.3 is 9.84 Å². The lowest BCUT2D eigenvalue weighted by atomic mass is 10.1. The van der Waals surface area contributed by atoms with Gasteiger partial charge in [-0.1, -0.05) is 70.4 Å². The molecule has 0 saturated carbocycles. The highest BCUT2D eigenvalue weighted by Crippen LogP contribution is 2.19. The van der Waals surface area contributed by atoms with Gasteiger partial charge in [-0.2, -0.15) is 0 Å². The highest BCUT2D eigenvalue weighted by molar-refractivity contribution is 5.91. The van der Waals surface area contributed by atoms with Crippen molar-refractivity contribution in [3.05, 3.63) is 29.8 Å². The third-order valence-electron chi connectivity index (χ3n) is 3.83. The van der Waals surface area contributed by atoms with Crippen LogP contribution < -0.4 is 4.74 Å². The molecule has 0 unspecified atom stereocenters. The molecule has 0 fully saturated rings. The van der Waals surface area contributed by atoms with Crippen molar-refractivity contribution in [3.63, 3.8) is 0 Å². The number of benzene rings is 1. The molecule has 0 aromatic heterocycles. The van der Waals surface area contributed by atoms with Crippen LogP contribution in [0.2, 0.25) is 0 Å². The molecule has 23 heavy (non-hydrogen) atoms. The van der Waals surface area contributed by atoms with Gasteiger partial charge in [0.15, 0.2) is 0 Å². The van der Waals surface area contributed by atoms with Gasteiger partial charge in [0.2, 0.25) is 0 Å². The second-order valence-corrected chi connectivity index (χ2v) is 5.85. The van der Waals surface area contributed by atoms with Gasteiger partial charge in [-0.15, -0.1) is 0 Å². The van der Waals surface area contributed by atoms with Gasteiger partial charge in [-0.05, 0) is 18.6 Å². The summed E-state index contributed by atoms with van der Waals surface area (Å²) in [5.74, 6) is -1.32. The number of unbranched alkanes of at least 4 members (excludes halogenated alkanes) is 8. The molecule has 1 aromatic rings. The van der Waals surface area contributed by atoms with E-state index < -0.39 is 5.97 Å². The zero-order valence-electron chi connectivity index (χ0n) is 14.1. The first-order valence-corrected chi connectivity index (χ1v) is 8.68. The second kappa shape index (κ2) is 11.7. The number of hydrogen-bond acceptors (Lipinski definition) is 3. The molecule has 0 bridgehead atoms.